The summed E-state index contributed by atoms with van der Waals surface area (Å²) in [5.41, 5.74) is 3.71. The molecule has 0 radical (unpaired) electrons. The van der Waals surface area contributed by atoms with Gasteiger partial charge < -0.3 is 15.4 Å². The molecular formula is C22H29ClN4O. The molecular weight excluding hydrogens is 372 g/mol. The standard InChI is InChI=1S/C22H29ClN4O/c1-2-24-22(26-16-19-7-9-21(23)10-8-19)25-15-18-3-5-20(6-4-18)17-27-11-13-28-14-12-27/h3-10H,2,11-17H2,1H3,(H2,24,25,26). The fourth-order valence-corrected chi connectivity index (χ4v) is 3.19. The molecule has 0 aromatic heterocycles. The van der Waals surface area contributed by atoms with Crippen molar-refractivity contribution >= 4 is 17.6 Å². The zero-order chi connectivity index (χ0) is 19.6. The van der Waals surface area contributed by atoms with Crippen molar-refractivity contribution < 1.29 is 4.74 Å². The molecule has 1 heterocycles. The van der Waals surface area contributed by atoms with Crippen molar-refractivity contribution in [2.24, 2.45) is 4.99 Å². The summed E-state index contributed by atoms with van der Waals surface area (Å²) in [5, 5.41) is 7.44. The molecule has 0 saturated carbocycles. The lowest BCUT2D eigenvalue weighted by Crippen LogP contribution is -2.36. The fraction of sp³-hybridized carbons (Fsp3) is 0.409. The molecule has 3 rings (SSSR count). The van der Waals surface area contributed by atoms with E-state index in [4.69, 9.17) is 16.3 Å². The second-order valence-electron chi connectivity index (χ2n) is 6.88. The molecule has 2 aromatic rings. The Hall–Kier alpha value is -2.08. The largest absolute Gasteiger partial charge is 0.379 e. The van der Waals surface area contributed by atoms with Gasteiger partial charge in [-0.2, -0.15) is 0 Å². The van der Waals surface area contributed by atoms with E-state index in [2.05, 4.69) is 51.7 Å². The van der Waals surface area contributed by atoms with Gasteiger partial charge in [0, 0.05) is 37.7 Å². The highest BCUT2D eigenvalue weighted by Crippen LogP contribution is 2.11. The Labute approximate surface area is 172 Å². The van der Waals surface area contributed by atoms with E-state index in [1.165, 1.54) is 11.1 Å². The van der Waals surface area contributed by atoms with Crippen LogP contribution in [-0.4, -0.2) is 43.7 Å². The van der Waals surface area contributed by atoms with Crippen molar-refractivity contribution in [1.29, 1.82) is 0 Å². The average Bonchev–Trinajstić information content (AvgIpc) is 2.73. The maximum absolute atomic E-state index is 5.94. The summed E-state index contributed by atoms with van der Waals surface area (Å²) in [4.78, 5) is 7.09. The molecule has 0 atom stereocenters. The minimum absolute atomic E-state index is 0.616. The van der Waals surface area contributed by atoms with Crippen molar-refractivity contribution in [3.05, 3.63) is 70.2 Å². The van der Waals surface area contributed by atoms with Gasteiger partial charge in [-0.1, -0.05) is 48.0 Å². The maximum atomic E-state index is 5.94. The van der Waals surface area contributed by atoms with Gasteiger partial charge >= 0.3 is 0 Å². The van der Waals surface area contributed by atoms with Crippen LogP contribution in [0.15, 0.2) is 53.5 Å². The van der Waals surface area contributed by atoms with Gasteiger partial charge in [0.15, 0.2) is 5.96 Å². The zero-order valence-electron chi connectivity index (χ0n) is 16.5. The number of halogens is 1. The second-order valence-corrected chi connectivity index (χ2v) is 7.32. The molecule has 28 heavy (non-hydrogen) atoms. The van der Waals surface area contributed by atoms with Crippen LogP contribution in [0.3, 0.4) is 0 Å². The highest BCUT2D eigenvalue weighted by Gasteiger charge is 2.10. The minimum atomic E-state index is 0.616. The van der Waals surface area contributed by atoms with Crippen LogP contribution in [0.4, 0.5) is 0 Å². The number of hydrogen-bond acceptors (Lipinski definition) is 3. The molecule has 2 aromatic carbocycles. The molecule has 5 nitrogen and oxygen atoms in total. The van der Waals surface area contributed by atoms with E-state index in [9.17, 15) is 0 Å². The highest BCUT2D eigenvalue weighted by molar-refractivity contribution is 6.30. The molecule has 0 amide bonds. The molecule has 1 saturated heterocycles. The third-order valence-electron chi connectivity index (χ3n) is 4.67. The van der Waals surface area contributed by atoms with Crippen molar-refractivity contribution in [3.8, 4) is 0 Å². The first-order chi connectivity index (χ1) is 13.7. The number of hydrogen-bond donors (Lipinski definition) is 2. The number of nitrogens with one attached hydrogen (secondary N) is 2. The van der Waals surface area contributed by atoms with Crippen LogP contribution in [0.1, 0.15) is 23.6 Å². The van der Waals surface area contributed by atoms with Gasteiger partial charge in [0.1, 0.15) is 0 Å². The molecule has 0 aliphatic carbocycles. The van der Waals surface area contributed by atoms with Gasteiger partial charge in [-0.15, -0.1) is 0 Å². The van der Waals surface area contributed by atoms with Gasteiger partial charge in [-0.25, -0.2) is 4.99 Å². The van der Waals surface area contributed by atoms with Crippen LogP contribution in [0, 0.1) is 0 Å². The van der Waals surface area contributed by atoms with Crippen LogP contribution in [0.5, 0.6) is 0 Å². The predicted molar refractivity (Wildman–Crippen MR) is 116 cm³/mol. The van der Waals surface area contributed by atoms with Crippen molar-refractivity contribution in [2.45, 2.75) is 26.6 Å². The topological polar surface area (TPSA) is 48.9 Å². The molecule has 0 spiro atoms. The lowest BCUT2D eigenvalue weighted by molar-refractivity contribution is 0.0342. The first kappa shape index (κ1) is 20.6. The van der Waals surface area contributed by atoms with Gasteiger partial charge in [0.2, 0.25) is 0 Å². The van der Waals surface area contributed by atoms with E-state index in [-0.39, 0.29) is 0 Å². The van der Waals surface area contributed by atoms with E-state index in [0.717, 1.165) is 62.5 Å². The number of rotatable bonds is 7. The lowest BCUT2D eigenvalue weighted by Gasteiger charge is -2.26. The fourth-order valence-electron chi connectivity index (χ4n) is 3.07. The molecule has 1 fully saturated rings. The Morgan fingerprint density at radius 3 is 2.29 bits per heavy atom. The summed E-state index contributed by atoms with van der Waals surface area (Å²) >= 11 is 5.94. The number of morpholine rings is 1. The number of ether oxygens (including phenoxy) is 1. The van der Waals surface area contributed by atoms with E-state index >= 15 is 0 Å². The third-order valence-corrected chi connectivity index (χ3v) is 4.92. The summed E-state index contributed by atoms with van der Waals surface area (Å²) < 4.78 is 5.41. The van der Waals surface area contributed by atoms with Crippen LogP contribution < -0.4 is 10.6 Å². The SMILES string of the molecule is CCNC(=NCc1ccc(Cl)cc1)NCc1ccc(CN2CCOCC2)cc1. The first-order valence-corrected chi connectivity index (χ1v) is 10.3. The Bertz CT molecular complexity index is 740. The normalized spacial score (nSPS) is 15.4. The summed E-state index contributed by atoms with van der Waals surface area (Å²) in [6.07, 6.45) is 0. The summed E-state index contributed by atoms with van der Waals surface area (Å²) in [5.74, 6) is 0.815. The highest BCUT2D eigenvalue weighted by atomic mass is 35.5. The van der Waals surface area contributed by atoms with E-state index < -0.39 is 0 Å². The Kier molecular flexibility index (Phi) is 8.15. The van der Waals surface area contributed by atoms with Crippen molar-refractivity contribution in [2.75, 3.05) is 32.8 Å². The van der Waals surface area contributed by atoms with Crippen molar-refractivity contribution in [1.82, 2.24) is 15.5 Å². The predicted octanol–water partition coefficient (Wildman–Crippen LogP) is 3.43. The van der Waals surface area contributed by atoms with Crippen LogP contribution in [0.25, 0.3) is 0 Å². The Morgan fingerprint density at radius 2 is 1.61 bits per heavy atom. The summed E-state index contributed by atoms with van der Waals surface area (Å²) in [6.45, 7) is 8.94. The summed E-state index contributed by atoms with van der Waals surface area (Å²) in [7, 11) is 0. The second kappa shape index (κ2) is 11.1. The van der Waals surface area contributed by atoms with E-state index in [1.807, 2.05) is 24.3 Å². The Balaban J connectivity index is 1.51. The van der Waals surface area contributed by atoms with Crippen LogP contribution >= 0.6 is 11.6 Å². The number of nitrogens with zero attached hydrogens (tertiary/aromatic N) is 2. The molecule has 6 heteroatoms. The molecule has 0 unspecified atom stereocenters. The molecule has 150 valence electrons. The molecule has 1 aliphatic rings. The minimum Gasteiger partial charge on any atom is -0.379 e. The maximum Gasteiger partial charge on any atom is 0.191 e. The quantitative estimate of drug-likeness (QED) is 0.552. The van der Waals surface area contributed by atoms with E-state index in [1.54, 1.807) is 0 Å². The monoisotopic (exact) mass is 400 g/mol. The Morgan fingerprint density at radius 1 is 0.964 bits per heavy atom. The van der Waals surface area contributed by atoms with Crippen LogP contribution in [-0.2, 0) is 24.4 Å². The molecule has 0 bridgehead atoms. The number of aliphatic imine (C=N–C) groups is 1. The lowest BCUT2D eigenvalue weighted by atomic mass is 10.1. The average molecular weight is 401 g/mol. The zero-order valence-corrected chi connectivity index (χ0v) is 17.2. The van der Waals surface area contributed by atoms with Gasteiger partial charge in [0.05, 0.1) is 19.8 Å². The number of benzene rings is 2. The van der Waals surface area contributed by atoms with Gasteiger partial charge in [-0.05, 0) is 35.7 Å². The van der Waals surface area contributed by atoms with E-state index in [0.29, 0.717) is 6.54 Å². The van der Waals surface area contributed by atoms with Gasteiger partial charge in [0.25, 0.3) is 0 Å². The third kappa shape index (κ3) is 6.82. The number of guanidine groups is 1. The molecule has 2 N–H and O–H groups in total. The van der Waals surface area contributed by atoms with Crippen LogP contribution in [0.2, 0.25) is 5.02 Å². The molecule has 1 aliphatic heterocycles. The smallest absolute Gasteiger partial charge is 0.191 e. The summed E-state index contributed by atoms with van der Waals surface area (Å²) in [6, 6.07) is 16.6. The first-order valence-electron chi connectivity index (χ1n) is 9.87. The van der Waals surface area contributed by atoms with Gasteiger partial charge in [-0.3, -0.25) is 4.90 Å². The van der Waals surface area contributed by atoms with Crippen molar-refractivity contribution in [3.63, 3.8) is 0 Å².